The second-order valence-electron chi connectivity index (χ2n) is 5.13. The van der Waals surface area contributed by atoms with E-state index in [-0.39, 0.29) is 0 Å². The number of hydrogen-bond acceptors (Lipinski definition) is 6. The van der Waals surface area contributed by atoms with Crippen LogP contribution < -0.4 is 10.6 Å². The quantitative estimate of drug-likeness (QED) is 0.940. The first-order valence-electron chi connectivity index (χ1n) is 6.62. The summed E-state index contributed by atoms with van der Waals surface area (Å²) in [7, 11) is 0. The number of aromatic nitrogens is 2. The molecule has 1 aliphatic heterocycles. The van der Waals surface area contributed by atoms with Crippen molar-refractivity contribution in [3.8, 4) is 10.6 Å². The fourth-order valence-electron chi connectivity index (χ4n) is 2.33. The SMILES string of the molecule is CC(C)c1nc(N2CCCC2)sc1-c1csc(N)n1. The Labute approximate surface area is 121 Å². The van der Waals surface area contributed by atoms with Gasteiger partial charge in [-0.05, 0) is 18.8 Å². The molecule has 0 unspecified atom stereocenters. The van der Waals surface area contributed by atoms with E-state index in [2.05, 4.69) is 23.7 Å². The standard InChI is InChI=1S/C13H18N4S2/c1-8(2)10-11(9-7-18-12(14)15-9)19-13(16-10)17-5-3-4-6-17/h7-8H,3-6H2,1-2H3,(H2,14,15). The van der Waals surface area contributed by atoms with Crippen LogP contribution in [0, 0.1) is 0 Å². The predicted molar refractivity (Wildman–Crippen MR) is 83.2 cm³/mol. The van der Waals surface area contributed by atoms with Crippen molar-refractivity contribution in [3.05, 3.63) is 11.1 Å². The zero-order valence-electron chi connectivity index (χ0n) is 11.2. The Morgan fingerprint density at radius 1 is 1.26 bits per heavy atom. The van der Waals surface area contributed by atoms with E-state index in [0.29, 0.717) is 11.0 Å². The van der Waals surface area contributed by atoms with E-state index in [0.717, 1.165) is 29.6 Å². The maximum Gasteiger partial charge on any atom is 0.186 e. The Kier molecular flexibility index (Phi) is 3.45. The smallest absolute Gasteiger partial charge is 0.186 e. The zero-order chi connectivity index (χ0) is 13.4. The number of nitrogen functional groups attached to an aromatic ring is 1. The van der Waals surface area contributed by atoms with Crippen LogP contribution in [0.5, 0.6) is 0 Å². The summed E-state index contributed by atoms with van der Waals surface area (Å²) < 4.78 is 0. The molecule has 1 saturated heterocycles. The van der Waals surface area contributed by atoms with E-state index in [4.69, 9.17) is 10.7 Å². The minimum absolute atomic E-state index is 0.408. The molecule has 0 aliphatic carbocycles. The molecule has 0 aromatic carbocycles. The van der Waals surface area contributed by atoms with E-state index < -0.39 is 0 Å². The molecule has 2 N–H and O–H groups in total. The third-order valence-electron chi connectivity index (χ3n) is 3.32. The van der Waals surface area contributed by atoms with E-state index in [9.17, 15) is 0 Å². The molecule has 0 amide bonds. The fraction of sp³-hybridized carbons (Fsp3) is 0.538. The first-order chi connectivity index (χ1) is 9.15. The van der Waals surface area contributed by atoms with Gasteiger partial charge in [-0.3, -0.25) is 0 Å². The highest BCUT2D eigenvalue weighted by Gasteiger charge is 2.22. The van der Waals surface area contributed by atoms with Gasteiger partial charge < -0.3 is 10.6 Å². The summed E-state index contributed by atoms with van der Waals surface area (Å²) in [5, 5.41) is 3.80. The Morgan fingerprint density at radius 3 is 2.58 bits per heavy atom. The Bertz CT molecular complexity index is 567. The molecular formula is C13H18N4S2. The number of thiazole rings is 2. The van der Waals surface area contributed by atoms with E-state index >= 15 is 0 Å². The van der Waals surface area contributed by atoms with Gasteiger partial charge in [0.2, 0.25) is 0 Å². The third kappa shape index (κ3) is 2.47. The minimum atomic E-state index is 0.408. The van der Waals surface area contributed by atoms with Gasteiger partial charge in [-0.15, -0.1) is 11.3 Å². The highest BCUT2D eigenvalue weighted by molar-refractivity contribution is 7.19. The minimum Gasteiger partial charge on any atom is -0.375 e. The Balaban J connectivity index is 2.01. The lowest BCUT2D eigenvalue weighted by molar-refractivity contribution is 0.826. The van der Waals surface area contributed by atoms with Crippen molar-refractivity contribution in [3.63, 3.8) is 0 Å². The second kappa shape index (κ2) is 5.09. The molecule has 0 spiro atoms. The maximum atomic E-state index is 5.75. The van der Waals surface area contributed by atoms with E-state index in [1.807, 2.05) is 5.38 Å². The largest absolute Gasteiger partial charge is 0.375 e. The molecule has 6 heteroatoms. The molecule has 2 aromatic rings. The first kappa shape index (κ1) is 12.9. The van der Waals surface area contributed by atoms with Crippen molar-refractivity contribution < 1.29 is 0 Å². The van der Waals surface area contributed by atoms with Crippen LogP contribution in [-0.2, 0) is 0 Å². The van der Waals surface area contributed by atoms with E-state index in [1.54, 1.807) is 11.3 Å². The first-order valence-corrected chi connectivity index (χ1v) is 8.32. The van der Waals surface area contributed by atoms with Crippen molar-refractivity contribution in [2.75, 3.05) is 23.7 Å². The molecule has 1 aliphatic rings. The molecule has 4 nitrogen and oxygen atoms in total. The Hall–Kier alpha value is -1.14. The lowest BCUT2D eigenvalue weighted by Crippen LogP contribution is -2.17. The summed E-state index contributed by atoms with van der Waals surface area (Å²) in [6.07, 6.45) is 2.55. The normalized spacial score (nSPS) is 15.6. The fourth-order valence-corrected chi connectivity index (χ4v) is 4.19. The van der Waals surface area contributed by atoms with Crippen molar-refractivity contribution in [1.29, 1.82) is 0 Å². The van der Waals surface area contributed by atoms with Gasteiger partial charge in [-0.2, -0.15) is 0 Å². The molecule has 2 aromatic heterocycles. The Morgan fingerprint density at radius 2 is 2.00 bits per heavy atom. The average Bonchev–Trinajstić information content (AvgIpc) is 3.07. The molecule has 0 bridgehead atoms. The summed E-state index contributed by atoms with van der Waals surface area (Å²) in [5.41, 5.74) is 7.88. The van der Waals surface area contributed by atoms with Crippen molar-refractivity contribution in [1.82, 2.24) is 9.97 Å². The highest BCUT2D eigenvalue weighted by Crippen LogP contribution is 2.39. The van der Waals surface area contributed by atoms with Crippen LogP contribution in [0.2, 0.25) is 0 Å². The zero-order valence-corrected chi connectivity index (χ0v) is 12.9. The van der Waals surface area contributed by atoms with Crippen LogP contribution in [-0.4, -0.2) is 23.1 Å². The molecule has 0 radical (unpaired) electrons. The summed E-state index contributed by atoms with van der Waals surface area (Å²) in [4.78, 5) is 12.8. The highest BCUT2D eigenvalue weighted by atomic mass is 32.1. The van der Waals surface area contributed by atoms with Gasteiger partial charge in [0.25, 0.3) is 0 Å². The van der Waals surface area contributed by atoms with Gasteiger partial charge in [0, 0.05) is 18.5 Å². The van der Waals surface area contributed by atoms with Gasteiger partial charge in [0.15, 0.2) is 10.3 Å². The summed E-state index contributed by atoms with van der Waals surface area (Å²) in [6, 6.07) is 0. The lowest BCUT2D eigenvalue weighted by Gasteiger charge is -2.12. The van der Waals surface area contributed by atoms with Crippen LogP contribution in [0.4, 0.5) is 10.3 Å². The van der Waals surface area contributed by atoms with Gasteiger partial charge in [0.05, 0.1) is 16.3 Å². The summed E-state index contributed by atoms with van der Waals surface area (Å²) >= 11 is 3.25. The van der Waals surface area contributed by atoms with Crippen LogP contribution in [0.25, 0.3) is 10.6 Å². The topological polar surface area (TPSA) is 55.0 Å². The molecule has 0 atom stereocenters. The molecule has 102 valence electrons. The lowest BCUT2D eigenvalue weighted by atomic mass is 10.1. The van der Waals surface area contributed by atoms with Crippen LogP contribution >= 0.6 is 22.7 Å². The molecule has 3 rings (SSSR count). The molecule has 19 heavy (non-hydrogen) atoms. The van der Waals surface area contributed by atoms with Gasteiger partial charge >= 0.3 is 0 Å². The number of nitrogens with zero attached hydrogens (tertiary/aromatic N) is 3. The maximum absolute atomic E-state index is 5.75. The average molecular weight is 294 g/mol. The van der Waals surface area contributed by atoms with Crippen molar-refractivity contribution >= 4 is 32.9 Å². The summed E-state index contributed by atoms with van der Waals surface area (Å²) in [5.74, 6) is 0.408. The van der Waals surface area contributed by atoms with Crippen molar-refractivity contribution in [2.45, 2.75) is 32.6 Å². The summed E-state index contributed by atoms with van der Waals surface area (Å²) in [6.45, 7) is 6.62. The monoisotopic (exact) mass is 294 g/mol. The number of rotatable bonds is 3. The number of nitrogens with two attached hydrogens (primary N) is 1. The van der Waals surface area contributed by atoms with Crippen LogP contribution in [0.15, 0.2) is 5.38 Å². The van der Waals surface area contributed by atoms with Gasteiger partial charge in [-0.25, -0.2) is 9.97 Å². The number of anilines is 2. The molecule has 0 saturated carbocycles. The van der Waals surface area contributed by atoms with Crippen molar-refractivity contribution in [2.24, 2.45) is 0 Å². The third-order valence-corrected chi connectivity index (χ3v) is 5.15. The predicted octanol–water partition coefficient (Wildman–Crippen LogP) is 3.57. The second-order valence-corrected chi connectivity index (χ2v) is 7.00. The van der Waals surface area contributed by atoms with Crippen LogP contribution in [0.3, 0.4) is 0 Å². The molecular weight excluding hydrogens is 276 g/mol. The van der Waals surface area contributed by atoms with Gasteiger partial charge in [0.1, 0.15) is 0 Å². The van der Waals surface area contributed by atoms with Gasteiger partial charge in [-0.1, -0.05) is 25.2 Å². The van der Waals surface area contributed by atoms with Crippen LogP contribution in [0.1, 0.15) is 38.3 Å². The van der Waals surface area contributed by atoms with E-state index in [1.165, 1.54) is 29.1 Å². The molecule has 1 fully saturated rings. The number of hydrogen-bond donors (Lipinski definition) is 1. The molecule has 3 heterocycles.